The highest BCUT2D eigenvalue weighted by Gasteiger charge is 2.52. The lowest BCUT2D eigenvalue weighted by Gasteiger charge is -2.32. The molecule has 1 fully saturated rings. The van der Waals surface area contributed by atoms with Crippen LogP contribution < -0.4 is 5.32 Å². The Hall–Kier alpha value is -2.37. The first-order valence-corrected chi connectivity index (χ1v) is 9.47. The quantitative estimate of drug-likeness (QED) is 0.763. The monoisotopic (exact) mass is 402 g/mol. The number of hydrogen-bond donors (Lipinski definition) is 1. The molecule has 0 spiro atoms. The summed E-state index contributed by atoms with van der Waals surface area (Å²) in [5.74, 6) is -0.490. The third kappa shape index (κ3) is 5.81. The molecule has 0 bridgehead atoms. The lowest BCUT2D eigenvalue weighted by molar-refractivity contribution is 0.00578. The molecule has 1 heterocycles. The van der Waals surface area contributed by atoms with E-state index < -0.39 is 35.8 Å². The second-order valence-electron chi connectivity index (χ2n) is 9.01. The molecule has 0 radical (unpaired) electrons. The van der Waals surface area contributed by atoms with E-state index in [0.717, 1.165) is 0 Å². The lowest BCUT2D eigenvalue weighted by atomic mass is 9.77. The van der Waals surface area contributed by atoms with E-state index in [0.29, 0.717) is 11.0 Å². The van der Waals surface area contributed by atoms with Gasteiger partial charge in [-0.1, -0.05) is 6.08 Å². The molecule has 0 atom stereocenters. The number of ether oxygens (including phenoxy) is 1. The van der Waals surface area contributed by atoms with Crippen LogP contribution in [-0.4, -0.2) is 36.6 Å². The molecule has 0 unspecified atom stereocenters. The first-order valence-electron chi connectivity index (χ1n) is 9.47. The summed E-state index contributed by atoms with van der Waals surface area (Å²) < 4.78 is 31.7. The van der Waals surface area contributed by atoms with Gasteiger partial charge in [-0.3, -0.25) is 0 Å². The van der Waals surface area contributed by atoms with Crippen molar-refractivity contribution in [2.75, 3.05) is 6.54 Å². The van der Waals surface area contributed by atoms with Crippen molar-refractivity contribution in [2.45, 2.75) is 65.3 Å². The number of halogens is 1. The summed E-state index contributed by atoms with van der Waals surface area (Å²) >= 11 is 0. The molecule has 6 nitrogen and oxygen atoms in total. The van der Waals surface area contributed by atoms with Crippen molar-refractivity contribution in [2.24, 2.45) is 0 Å². The zero-order valence-corrected chi connectivity index (χ0v) is 18.1. The molecule has 0 aliphatic carbocycles. The van der Waals surface area contributed by atoms with Crippen LogP contribution in [0.15, 0.2) is 23.7 Å². The van der Waals surface area contributed by atoms with E-state index in [1.54, 1.807) is 20.8 Å². The number of rotatable bonds is 4. The van der Waals surface area contributed by atoms with Gasteiger partial charge >= 0.3 is 13.2 Å². The van der Waals surface area contributed by atoms with E-state index in [9.17, 15) is 9.18 Å². The maximum atomic E-state index is 14.3. The largest absolute Gasteiger partial charge is 0.492 e. The van der Waals surface area contributed by atoms with E-state index in [1.807, 2.05) is 33.8 Å². The number of carbonyl (C=O) groups is 1. The normalized spacial score (nSPS) is 18.3. The van der Waals surface area contributed by atoms with E-state index in [4.69, 9.17) is 19.3 Å². The number of amides is 1. The topological polar surface area (TPSA) is 80.6 Å². The average molecular weight is 402 g/mol. The van der Waals surface area contributed by atoms with Crippen LogP contribution in [0.2, 0.25) is 0 Å². The fourth-order valence-electron chi connectivity index (χ4n) is 2.61. The first-order chi connectivity index (χ1) is 13.2. The molecule has 1 aromatic carbocycles. The SMILES string of the molecule is CC(C)(C)OC(=O)NCC(=Cc1cc(C#N)ccc1F)B1OC(C)(C)C(C)(C)O1. The number of nitrogens with one attached hydrogen (secondary N) is 1. The van der Waals surface area contributed by atoms with E-state index in [1.165, 1.54) is 24.3 Å². The Kier molecular flexibility index (Phi) is 6.46. The van der Waals surface area contributed by atoms with Crippen molar-refractivity contribution < 1.29 is 23.2 Å². The van der Waals surface area contributed by atoms with Crippen molar-refractivity contribution >= 4 is 19.3 Å². The second kappa shape index (κ2) is 8.17. The lowest BCUT2D eigenvalue weighted by Crippen LogP contribution is -2.41. The Morgan fingerprint density at radius 3 is 2.38 bits per heavy atom. The zero-order chi connectivity index (χ0) is 22.0. The highest BCUT2D eigenvalue weighted by Crippen LogP contribution is 2.38. The van der Waals surface area contributed by atoms with E-state index in [2.05, 4.69) is 5.32 Å². The fraction of sp³-hybridized carbons (Fsp3) is 0.524. The van der Waals surface area contributed by atoms with Crippen LogP contribution in [0.5, 0.6) is 0 Å². The Bertz CT molecular complexity index is 837. The average Bonchev–Trinajstić information content (AvgIpc) is 2.79. The van der Waals surface area contributed by atoms with Crippen molar-refractivity contribution in [3.05, 3.63) is 40.6 Å². The van der Waals surface area contributed by atoms with Crippen LogP contribution in [0.4, 0.5) is 9.18 Å². The molecular formula is C21H28BFN2O4. The smallest absolute Gasteiger partial charge is 0.444 e. The molecule has 1 saturated heterocycles. The van der Waals surface area contributed by atoms with Crippen LogP contribution in [0, 0.1) is 17.1 Å². The minimum atomic E-state index is -0.792. The first kappa shape index (κ1) is 22.9. The highest BCUT2D eigenvalue weighted by atomic mass is 19.1. The van der Waals surface area contributed by atoms with Gasteiger partial charge in [-0.2, -0.15) is 5.26 Å². The predicted molar refractivity (Wildman–Crippen MR) is 109 cm³/mol. The molecule has 1 aliphatic heterocycles. The van der Waals surface area contributed by atoms with Gasteiger partial charge in [-0.25, -0.2) is 9.18 Å². The number of benzene rings is 1. The van der Waals surface area contributed by atoms with Crippen LogP contribution in [0.1, 0.15) is 59.6 Å². The van der Waals surface area contributed by atoms with Gasteiger partial charge in [0.05, 0.1) is 22.8 Å². The third-order valence-electron chi connectivity index (χ3n) is 4.86. The summed E-state index contributed by atoms with van der Waals surface area (Å²) in [6.07, 6.45) is 0.932. The summed E-state index contributed by atoms with van der Waals surface area (Å²) in [5.41, 5.74) is -0.814. The summed E-state index contributed by atoms with van der Waals surface area (Å²) in [7, 11) is -0.792. The highest BCUT2D eigenvalue weighted by molar-refractivity contribution is 6.56. The molecule has 1 amide bonds. The molecule has 1 N–H and O–H groups in total. The van der Waals surface area contributed by atoms with Gasteiger partial charge in [0.2, 0.25) is 0 Å². The van der Waals surface area contributed by atoms with Gasteiger partial charge in [0.15, 0.2) is 0 Å². The predicted octanol–water partition coefficient (Wildman–Crippen LogP) is 4.24. The second-order valence-corrected chi connectivity index (χ2v) is 9.01. The van der Waals surface area contributed by atoms with E-state index >= 15 is 0 Å². The van der Waals surface area contributed by atoms with Gasteiger partial charge in [0.25, 0.3) is 0 Å². The summed E-state index contributed by atoms with van der Waals surface area (Å²) in [5, 5.41) is 11.8. The van der Waals surface area contributed by atoms with Gasteiger partial charge in [0.1, 0.15) is 11.4 Å². The van der Waals surface area contributed by atoms with E-state index in [-0.39, 0.29) is 12.1 Å². The van der Waals surface area contributed by atoms with Crippen LogP contribution in [0.25, 0.3) is 6.08 Å². The minimum Gasteiger partial charge on any atom is -0.444 e. The molecule has 2 rings (SSSR count). The number of nitrogens with zero attached hydrogens (tertiary/aromatic N) is 1. The van der Waals surface area contributed by atoms with Gasteiger partial charge in [0, 0.05) is 12.1 Å². The Labute approximate surface area is 172 Å². The van der Waals surface area contributed by atoms with Crippen molar-refractivity contribution in [1.82, 2.24) is 5.32 Å². The summed E-state index contributed by atoms with van der Waals surface area (Å²) in [4.78, 5) is 12.1. The van der Waals surface area contributed by atoms with Crippen LogP contribution in [-0.2, 0) is 14.0 Å². The number of hydrogen-bond acceptors (Lipinski definition) is 5. The van der Waals surface area contributed by atoms with Crippen molar-refractivity contribution in [1.29, 1.82) is 5.26 Å². The summed E-state index contributed by atoms with van der Waals surface area (Å²) in [6.45, 7) is 12.9. The number of nitriles is 1. The number of alkyl carbamates (subject to hydrolysis) is 1. The van der Waals surface area contributed by atoms with Gasteiger partial charge in [-0.05, 0) is 72.1 Å². The molecule has 156 valence electrons. The van der Waals surface area contributed by atoms with Crippen molar-refractivity contribution in [3.63, 3.8) is 0 Å². The molecule has 0 aromatic heterocycles. The fourth-order valence-corrected chi connectivity index (χ4v) is 2.61. The number of carbonyl (C=O) groups excluding carboxylic acids is 1. The van der Waals surface area contributed by atoms with Crippen LogP contribution >= 0.6 is 0 Å². The molecule has 1 aromatic rings. The molecular weight excluding hydrogens is 374 g/mol. The molecule has 0 saturated carbocycles. The Balaban J connectivity index is 2.34. The molecule has 8 heteroatoms. The van der Waals surface area contributed by atoms with Gasteiger partial charge < -0.3 is 19.4 Å². The Morgan fingerprint density at radius 1 is 1.28 bits per heavy atom. The Morgan fingerprint density at radius 2 is 1.86 bits per heavy atom. The maximum absolute atomic E-state index is 14.3. The van der Waals surface area contributed by atoms with Crippen molar-refractivity contribution in [3.8, 4) is 6.07 Å². The molecule has 1 aliphatic rings. The third-order valence-corrected chi connectivity index (χ3v) is 4.86. The zero-order valence-electron chi connectivity index (χ0n) is 18.1. The molecule has 29 heavy (non-hydrogen) atoms. The van der Waals surface area contributed by atoms with Crippen LogP contribution in [0.3, 0.4) is 0 Å². The van der Waals surface area contributed by atoms with Gasteiger partial charge in [-0.15, -0.1) is 0 Å². The maximum Gasteiger partial charge on any atom is 0.492 e. The standard InChI is InChI=1S/C21H28BFN2O4/c1-19(2,3)27-18(26)25-13-16(22-28-20(4,5)21(6,7)29-22)11-15-10-14(12-24)8-9-17(15)23/h8-11H,13H2,1-7H3,(H,25,26). The minimum absolute atomic E-state index is 0.0297. The summed E-state index contributed by atoms with van der Waals surface area (Å²) in [6, 6.07) is 6.06.